The molecule has 3 rings (SSSR count). The summed E-state index contributed by atoms with van der Waals surface area (Å²) in [5.41, 5.74) is 0.805. The standard InChI is InChI=1S/C23H29N3O7/c1-14(19(27)25-13-7-11-18(25)23(32)33)24-17(22(30)31)10-3-2-6-12-26-20(28)15-8-4-5-9-16(15)21(26)29/h4-5,8-9,14,17-18,24H,2-3,6-7,10-13H2,1H3,(H,30,31)(H,32,33)/t14-,17?,18-/m0/s1. The number of carboxylic acids is 2. The molecule has 2 aliphatic rings. The number of fused-ring (bicyclic) bond motifs is 1. The van der Waals surface area contributed by atoms with Crippen LogP contribution >= 0.6 is 0 Å². The van der Waals surface area contributed by atoms with Gasteiger partial charge in [-0.1, -0.05) is 25.0 Å². The Balaban J connectivity index is 1.44. The molecule has 1 aromatic rings. The van der Waals surface area contributed by atoms with E-state index in [1.54, 1.807) is 24.3 Å². The second-order valence-electron chi connectivity index (χ2n) is 8.46. The van der Waals surface area contributed by atoms with Crippen LogP contribution in [-0.2, 0) is 14.4 Å². The average molecular weight is 459 g/mol. The molecule has 3 amide bonds. The van der Waals surface area contributed by atoms with Crippen molar-refractivity contribution in [3.8, 4) is 0 Å². The number of imide groups is 1. The zero-order valence-corrected chi connectivity index (χ0v) is 18.5. The summed E-state index contributed by atoms with van der Waals surface area (Å²) < 4.78 is 0. The molecule has 1 unspecified atom stereocenters. The van der Waals surface area contributed by atoms with E-state index in [0.29, 0.717) is 49.8 Å². The number of hydrogen-bond acceptors (Lipinski definition) is 6. The van der Waals surface area contributed by atoms with E-state index in [-0.39, 0.29) is 24.8 Å². The normalized spacial score (nSPS) is 19.5. The molecule has 178 valence electrons. The molecule has 1 fully saturated rings. The van der Waals surface area contributed by atoms with Crippen molar-refractivity contribution in [3.63, 3.8) is 0 Å². The summed E-state index contributed by atoms with van der Waals surface area (Å²) in [4.78, 5) is 62.9. The van der Waals surface area contributed by atoms with Crippen LogP contribution in [0.2, 0.25) is 0 Å². The first-order chi connectivity index (χ1) is 15.7. The molecule has 0 spiro atoms. The van der Waals surface area contributed by atoms with Crippen LogP contribution in [0.4, 0.5) is 0 Å². The summed E-state index contributed by atoms with van der Waals surface area (Å²) in [5, 5.41) is 21.6. The van der Waals surface area contributed by atoms with Crippen molar-refractivity contribution in [2.75, 3.05) is 13.1 Å². The number of aliphatic carboxylic acids is 2. The van der Waals surface area contributed by atoms with E-state index in [2.05, 4.69) is 5.32 Å². The van der Waals surface area contributed by atoms with Crippen LogP contribution in [0.25, 0.3) is 0 Å². The highest BCUT2D eigenvalue weighted by Gasteiger charge is 2.37. The predicted molar refractivity (Wildman–Crippen MR) is 117 cm³/mol. The number of nitrogens with zero attached hydrogens (tertiary/aromatic N) is 2. The lowest BCUT2D eigenvalue weighted by Crippen LogP contribution is -2.53. The smallest absolute Gasteiger partial charge is 0.326 e. The third-order valence-electron chi connectivity index (χ3n) is 6.19. The van der Waals surface area contributed by atoms with Crippen LogP contribution in [0.15, 0.2) is 24.3 Å². The van der Waals surface area contributed by atoms with Crippen LogP contribution in [0.1, 0.15) is 66.2 Å². The molecule has 2 heterocycles. The lowest BCUT2D eigenvalue weighted by molar-refractivity contribution is -0.149. The summed E-state index contributed by atoms with van der Waals surface area (Å²) in [6.45, 7) is 2.15. The van der Waals surface area contributed by atoms with E-state index < -0.39 is 36.0 Å². The summed E-state index contributed by atoms with van der Waals surface area (Å²) >= 11 is 0. The number of carboxylic acid groups (broad SMARTS) is 2. The van der Waals surface area contributed by atoms with Crippen LogP contribution in [-0.4, -0.2) is 80.9 Å². The summed E-state index contributed by atoms with van der Waals surface area (Å²) in [6, 6.07) is 4.02. The second-order valence-corrected chi connectivity index (χ2v) is 8.46. The first-order valence-electron chi connectivity index (χ1n) is 11.2. The third kappa shape index (κ3) is 5.39. The number of unbranched alkanes of at least 4 members (excludes halogenated alkanes) is 2. The molecule has 10 nitrogen and oxygen atoms in total. The van der Waals surface area contributed by atoms with Crippen LogP contribution < -0.4 is 5.32 Å². The van der Waals surface area contributed by atoms with Gasteiger partial charge in [0, 0.05) is 13.1 Å². The highest BCUT2D eigenvalue weighted by atomic mass is 16.4. The van der Waals surface area contributed by atoms with Crippen molar-refractivity contribution in [2.45, 2.75) is 63.6 Å². The first kappa shape index (κ1) is 24.4. The van der Waals surface area contributed by atoms with Gasteiger partial charge in [0.1, 0.15) is 12.1 Å². The fraction of sp³-hybridized carbons (Fsp3) is 0.522. The van der Waals surface area contributed by atoms with E-state index in [9.17, 15) is 34.2 Å². The van der Waals surface area contributed by atoms with E-state index in [0.717, 1.165) is 0 Å². The fourth-order valence-electron chi connectivity index (χ4n) is 4.42. The lowest BCUT2D eigenvalue weighted by Gasteiger charge is -2.27. The Morgan fingerprint density at radius 3 is 2.27 bits per heavy atom. The third-order valence-corrected chi connectivity index (χ3v) is 6.19. The topological polar surface area (TPSA) is 144 Å². The van der Waals surface area contributed by atoms with Gasteiger partial charge in [0.2, 0.25) is 5.91 Å². The zero-order valence-electron chi connectivity index (χ0n) is 18.5. The number of benzene rings is 1. The van der Waals surface area contributed by atoms with Crippen molar-refractivity contribution in [1.82, 2.24) is 15.1 Å². The molecule has 10 heteroatoms. The number of carbonyl (C=O) groups is 5. The number of likely N-dealkylation sites (tertiary alicyclic amines) is 1. The Morgan fingerprint density at radius 1 is 1.06 bits per heavy atom. The average Bonchev–Trinajstić information content (AvgIpc) is 3.37. The molecule has 1 aromatic carbocycles. The molecule has 0 radical (unpaired) electrons. The Kier molecular flexibility index (Phi) is 7.80. The van der Waals surface area contributed by atoms with Gasteiger partial charge in [-0.15, -0.1) is 0 Å². The van der Waals surface area contributed by atoms with Gasteiger partial charge in [-0.25, -0.2) is 4.79 Å². The van der Waals surface area contributed by atoms with Crippen molar-refractivity contribution in [3.05, 3.63) is 35.4 Å². The van der Waals surface area contributed by atoms with Gasteiger partial charge in [0.15, 0.2) is 0 Å². The van der Waals surface area contributed by atoms with Crippen molar-refractivity contribution >= 4 is 29.7 Å². The van der Waals surface area contributed by atoms with Crippen LogP contribution in [0, 0.1) is 0 Å². The van der Waals surface area contributed by atoms with Gasteiger partial charge >= 0.3 is 11.9 Å². The quantitative estimate of drug-likeness (QED) is 0.332. The zero-order chi connectivity index (χ0) is 24.1. The summed E-state index contributed by atoms with van der Waals surface area (Å²) in [7, 11) is 0. The van der Waals surface area contributed by atoms with E-state index in [4.69, 9.17) is 0 Å². The second kappa shape index (κ2) is 10.6. The molecule has 0 bridgehead atoms. The SMILES string of the molecule is C[C@H](NC(CCCCCN1C(=O)c2ccccc2C1=O)C(=O)O)C(=O)N1CCC[C@H]1C(=O)O. The molecule has 0 saturated carbocycles. The molecule has 0 aromatic heterocycles. The highest BCUT2D eigenvalue weighted by molar-refractivity contribution is 6.21. The maximum atomic E-state index is 12.6. The lowest BCUT2D eigenvalue weighted by atomic mass is 10.1. The molecule has 3 N–H and O–H groups in total. The van der Waals surface area contributed by atoms with Gasteiger partial charge in [-0.05, 0) is 44.7 Å². The Bertz CT molecular complexity index is 913. The number of rotatable bonds is 11. The minimum Gasteiger partial charge on any atom is -0.480 e. The minimum absolute atomic E-state index is 0.261. The van der Waals surface area contributed by atoms with Crippen LogP contribution in [0.3, 0.4) is 0 Å². The Morgan fingerprint density at radius 2 is 1.70 bits per heavy atom. The molecular formula is C23H29N3O7. The van der Waals surface area contributed by atoms with Gasteiger partial charge in [0.25, 0.3) is 11.8 Å². The summed E-state index contributed by atoms with van der Waals surface area (Å²) in [6.07, 6.45) is 2.93. The van der Waals surface area contributed by atoms with E-state index in [1.807, 2.05) is 0 Å². The number of amides is 3. The highest BCUT2D eigenvalue weighted by Crippen LogP contribution is 2.23. The monoisotopic (exact) mass is 459 g/mol. The number of carbonyl (C=O) groups excluding carboxylic acids is 3. The summed E-state index contributed by atoms with van der Waals surface area (Å²) in [5.74, 6) is -3.19. The van der Waals surface area contributed by atoms with Gasteiger partial charge < -0.3 is 15.1 Å². The number of hydrogen-bond donors (Lipinski definition) is 3. The molecular weight excluding hydrogens is 430 g/mol. The minimum atomic E-state index is -1.09. The first-order valence-corrected chi connectivity index (χ1v) is 11.2. The maximum Gasteiger partial charge on any atom is 0.326 e. The van der Waals surface area contributed by atoms with Gasteiger partial charge in [-0.2, -0.15) is 0 Å². The number of nitrogens with one attached hydrogen (secondary N) is 1. The van der Waals surface area contributed by atoms with Crippen molar-refractivity contribution < 1.29 is 34.2 Å². The molecule has 0 aliphatic carbocycles. The van der Waals surface area contributed by atoms with Gasteiger partial charge in [-0.3, -0.25) is 29.4 Å². The predicted octanol–water partition coefficient (Wildman–Crippen LogP) is 1.35. The van der Waals surface area contributed by atoms with Crippen molar-refractivity contribution in [2.24, 2.45) is 0 Å². The van der Waals surface area contributed by atoms with Crippen LogP contribution in [0.5, 0.6) is 0 Å². The fourth-order valence-corrected chi connectivity index (χ4v) is 4.42. The Labute approximate surface area is 191 Å². The van der Waals surface area contributed by atoms with E-state index >= 15 is 0 Å². The van der Waals surface area contributed by atoms with Gasteiger partial charge in [0.05, 0.1) is 17.2 Å². The molecule has 1 saturated heterocycles. The molecule has 33 heavy (non-hydrogen) atoms. The largest absolute Gasteiger partial charge is 0.480 e. The van der Waals surface area contributed by atoms with E-state index in [1.165, 1.54) is 16.7 Å². The molecule has 2 aliphatic heterocycles. The maximum absolute atomic E-state index is 12.6. The van der Waals surface area contributed by atoms with Crippen molar-refractivity contribution in [1.29, 1.82) is 0 Å². The molecule has 3 atom stereocenters. The Hall–Kier alpha value is -3.27.